The number of fused-ring (bicyclic) bond motifs is 3. The topological polar surface area (TPSA) is 190 Å². The summed E-state index contributed by atoms with van der Waals surface area (Å²) in [7, 11) is 0. The van der Waals surface area contributed by atoms with E-state index in [2.05, 4.69) is 19.2 Å². The standard InChI is InChI=1S/C50H59N3O13/c1-3-24-59-37-19-21-42-40(29-37)47-38(12-6-9-23-55)34(11-5-8-22-54)28-39-41(51-66-46-13-7-10-26-60-46)30-45(50(65-42,48(39)47)63-25-4-2)52(31-33-14-20-43-44(27-33)62-32-61-43)49(56)64-36-17-15-35(16-18-36)53(57)58/h3-4,14-21,27-29,34,38,45-48,54-55H,1-2,5-13,22-26,30-32H2. The smallest absolute Gasteiger partial charge is 0.416 e. The van der Waals surface area contributed by atoms with Crippen molar-refractivity contribution in [3.05, 3.63) is 119 Å². The highest BCUT2D eigenvalue weighted by Crippen LogP contribution is 2.62. The molecule has 1 saturated carbocycles. The van der Waals surface area contributed by atoms with Gasteiger partial charge < -0.3 is 48.2 Å². The number of hydrogen-bond acceptors (Lipinski definition) is 14. The van der Waals surface area contributed by atoms with Gasteiger partial charge in [0.05, 0.1) is 29.8 Å². The van der Waals surface area contributed by atoms with Crippen LogP contribution in [0.5, 0.6) is 28.7 Å². The Hall–Kier alpha value is -5.94. The van der Waals surface area contributed by atoms with E-state index in [0.717, 1.165) is 49.7 Å². The molecule has 66 heavy (non-hydrogen) atoms. The van der Waals surface area contributed by atoms with Gasteiger partial charge in [0.15, 0.2) is 11.5 Å². The molecule has 3 aromatic rings. The molecular formula is C50H59N3O13. The van der Waals surface area contributed by atoms with Gasteiger partial charge in [0.2, 0.25) is 18.9 Å². The van der Waals surface area contributed by atoms with Crippen molar-refractivity contribution in [2.45, 2.75) is 94.8 Å². The highest BCUT2D eigenvalue weighted by Gasteiger charge is 2.66. The third kappa shape index (κ3) is 10.1. The molecule has 1 saturated heterocycles. The fraction of sp³-hybridized carbons (Fsp3) is 0.480. The predicted octanol–water partition coefficient (Wildman–Crippen LogP) is 8.75. The first kappa shape index (κ1) is 46.6. The van der Waals surface area contributed by atoms with Crippen LogP contribution in [0.15, 0.2) is 103 Å². The molecule has 1 amide bonds. The van der Waals surface area contributed by atoms with Gasteiger partial charge in [-0.1, -0.05) is 48.9 Å². The maximum absolute atomic E-state index is 15.2. The number of amides is 1. The molecule has 0 radical (unpaired) electrons. The molecule has 7 atom stereocenters. The van der Waals surface area contributed by atoms with Crippen LogP contribution in [0.4, 0.5) is 10.5 Å². The SMILES string of the molecule is C=CCOc1ccc2c(c1)C1C(CCCCO)C(CCCCO)C=C3C(=NOC4CCCCO4)CC(N(Cc4ccc5c(c4)OCO5)C(=O)Oc4ccc([N+](=O)[O-])cc4)C(OCC=C)(O2)C31. The second-order valence-corrected chi connectivity index (χ2v) is 17.2. The molecule has 7 unspecified atom stereocenters. The molecule has 16 nitrogen and oxygen atoms in total. The monoisotopic (exact) mass is 909 g/mol. The number of ether oxygens (including phenoxy) is 7. The molecule has 3 heterocycles. The summed E-state index contributed by atoms with van der Waals surface area (Å²) in [6.07, 6.45) is 11.2. The van der Waals surface area contributed by atoms with Crippen molar-refractivity contribution >= 4 is 17.5 Å². The van der Waals surface area contributed by atoms with E-state index >= 15 is 4.79 Å². The Morgan fingerprint density at radius 1 is 0.924 bits per heavy atom. The number of unbranched alkanes of at least 4 members (excludes halogenated alkanes) is 2. The number of aliphatic hydroxyl groups excluding tert-OH is 2. The Morgan fingerprint density at radius 2 is 1.68 bits per heavy atom. The van der Waals surface area contributed by atoms with Gasteiger partial charge in [-0.2, -0.15) is 0 Å². The third-order valence-electron chi connectivity index (χ3n) is 13.1. The quantitative estimate of drug-likeness (QED) is 0.0447. The van der Waals surface area contributed by atoms with E-state index in [-0.39, 0.29) is 68.8 Å². The Morgan fingerprint density at radius 3 is 2.42 bits per heavy atom. The lowest BCUT2D eigenvalue weighted by Crippen LogP contribution is -2.70. The minimum absolute atomic E-state index is 0.0109. The van der Waals surface area contributed by atoms with Crippen LogP contribution in [0, 0.1) is 27.9 Å². The van der Waals surface area contributed by atoms with Crippen LogP contribution in [0.25, 0.3) is 0 Å². The van der Waals surface area contributed by atoms with Crippen LogP contribution in [-0.2, 0) is 20.9 Å². The predicted molar refractivity (Wildman–Crippen MR) is 243 cm³/mol. The molecular weight excluding hydrogens is 851 g/mol. The molecule has 2 N–H and O–H groups in total. The van der Waals surface area contributed by atoms with Gasteiger partial charge in [0.25, 0.3) is 5.69 Å². The number of rotatable bonds is 21. The van der Waals surface area contributed by atoms with Crippen LogP contribution in [0.1, 0.15) is 81.3 Å². The van der Waals surface area contributed by atoms with Crippen molar-refractivity contribution in [1.29, 1.82) is 0 Å². The normalized spacial score (nSPS) is 25.4. The molecule has 0 bridgehead atoms. The van der Waals surface area contributed by atoms with Gasteiger partial charge >= 0.3 is 6.09 Å². The van der Waals surface area contributed by atoms with Crippen molar-refractivity contribution in [3.8, 4) is 28.7 Å². The fourth-order valence-corrected chi connectivity index (χ4v) is 10.1. The Bertz CT molecular complexity index is 2260. The average molecular weight is 910 g/mol. The second-order valence-electron chi connectivity index (χ2n) is 17.2. The summed E-state index contributed by atoms with van der Waals surface area (Å²) in [4.78, 5) is 34.0. The van der Waals surface area contributed by atoms with Crippen LogP contribution in [0.2, 0.25) is 0 Å². The van der Waals surface area contributed by atoms with Crippen molar-refractivity contribution in [2.24, 2.45) is 22.9 Å². The summed E-state index contributed by atoms with van der Waals surface area (Å²) in [6.45, 7) is 8.93. The van der Waals surface area contributed by atoms with Crippen LogP contribution >= 0.6 is 0 Å². The lowest BCUT2D eigenvalue weighted by molar-refractivity contribution is -0.384. The van der Waals surface area contributed by atoms with Crippen LogP contribution < -0.4 is 23.7 Å². The number of oxime groups is 1. The third-order valence-corrected chi connectivity index (χ3v) is 13.1. The molecule has 3 aliphatic heterocycles. The van der Waals surface area contributed by atoms with Crippen molar-refractivity contribution in [1.82, 2.24) is 4.90 Å². The summed E-state index contributed by atoms with van der Waals surface area (Å²) in [5.41, 5.74) is 2.89. The summed E-state index contributed by atoms with van der Waals surface area (Å²) >= 11 is 0. The molecule has 16 heteroatoms. The molecule has 8 rings (SSSR count). The first-order valence-corrected chi connectivity index (χ1v) is 23.0. The zero-order valence-corrected chi connectivity index (χ0v) is 37.1. The van der Waals surface area contributed by atoms with E-state index in [9.17, 15) is 20.3 Å². The molecule has 0 spiro atoms. The average Bonchev–Trinajstić information content (AvgIpc) is 3.81. The van der Waals surface area contributed by atoms with E-state index in [0.29, 0.717) is 66.7 Å². The number of nitro groups is 1. The fourth-order valence-electron chi connectivity index (χ4n) is 10.1. The highest BCUT2D eigenvalue weighted by atomic mass is 16.8. The minimum atomic E-state index is -1.60. The van der Waals surface area contributed by atoms with Crippen molar-refractivity contribution < 1.29 is 57.9 Å². The minimum Gasteiger partial charge on any atom is -0.490 e. The van der Waals surface area contributed by atoms with Crippen molar-refractivity contribution in [2.75, 3.05) is 39.8 Å². The van der Waals surface area contributed by atoms with Crippen molar-refractivity contribution in [3.63, 3.8) is 0 Å². The van der Waals surface area contributed by atoms with E-state index < -0.39 is 35.1 Å². The maximum Gasteiger partial charge on any atom is 0.416 e. The number of nitrogens with zero attached hydrogens (tertiary/aromatic N) is 3. The summed E-state index contributed by atoms with van der Waals surface area (Å²) in [6, 6.07) is 15.6. The van der Waals surface area contributed by atoms with Crippen LogP contribution in [-0.4, -0.2) is 89.8 Å². The Kier molecular flexibility index (Phi) is 15.2. The zero-order valence-electron chi connectivity index (χ0n) is 37.1. The molecule has 352 valence electrons. The Balaban J connectivity index is 1.33. The largest absolute Gasteiger partial charge is 0.490 e. The lowest BCUT2D eigenvalue weighted by Gasteiger charge is -2.59. The van der Waals surface area contributed by atoms with Crippen LogP contribution in [0.3, 0.4) is 0 Å². The highest BCUT2D eigenvalue weighted by molar-refractivity contribution is 6.03. The number of benzene rings is 3. The lowest BCUT2D eigenvalue weighted by atomic mass is 9.55. The van der Waals surface area contributed by atoms with E-state index in [1.165, 1.54) is 24.3 Å². The maximum atomic E-state index is 15.2. The van der Waals surface area contributed by atoms with Gasteiger partial charge in [-0.05, 0) is 104 Å². The number of aliphatic hydroxyl groups is 2. The summed E-state index contributed by atoms with van der Waals surface area (Å²) in [5, 5.41) is 36.4. The molecule has 3 aromatic carbocycles. The van der Waals surface area contributed by atoms with Gasteiger partial charge in [0.1, 0.15) is 29.9 Å². The van der Waals surface area contributed by atoms with E-state index in [4.69, 9.17) is 43.2 Å². The van der Waals surface area contributed by atoms with Gasteiger partial charge in [-0.25, -0.2) is 4.79 Å². The summed E-state index contributed by atoms with van der Waals surface area (Å²) < 4.78 is 44.2. The molecule has 2 aliphatic carbocycles. The molecule has 5 aliphatic rings. The Labute approximate surface area is 384 Å². The summed E-state index contributed by atoms with van der Waals surface area (Å²) in [5.74, 6) is -0.145. The molecule has 0 aromatic heterocycles. The van der Waals surface area contributed by atoms with Gasteiger partial charge in [-0.3, -0.25) is 15.0 Å². The number of carbonyl (C=O) groups is 1. The van der Waals surface area contributed by atoms with E-state index in [1.54, 1.807) is 23.1 Å². The molecule has 2 fully saturated rings. The number of hydrogen-bond donors (Lipinski definition) is 2. The first-order valence-electron chi connectivity index (χ1n) is 23.0. The number of nitro benzene ring substituents is 1. The van der Waals surface area contributed by atoms with E-state index in [1.807, 2.05) is 30.3 Å². The van der Waals surface area contributed by atoms with Gasteiger partial charge in [-0.15, -0.1) is 6.58 Å². The van der Waals surface area contributed by atoms with Gasteiger partial charge in [0, 0.05) is 56.2 Å². The number of non-ortho nitro benzene ring substituents is 1. The second kappa shape index (κ2) is 21.6. The first-order chi connectivity index (χ1) is 32.3. The zero-order chi connectivity index (χ0) is 46.0. The number of carbonyl (C=O) groups excluding carboxylic acids is 1. The number of allylic oxidation sites excluding steroid dienone is 1.